The lowest BCUT2D eigenvalue weighted by Crippen LogP contribution is -2.14. The summed E-state index contributed by atoms with van der Waals surface area (Å²) in [7, 11) is 2.99. The van der Waals surface area contributed by atoms with Crippen molar-refractivity contribution in [1.29, 1.82) is 0 Å². The Hall–Kier alpha value is -3.65. The van der Waals surface area contributed by atoms with Crippen molar-refractivity contribution in [3.8, 4) is 17.2 Å². The third kappa shape index (κ3) is 4.02. The fourth-order valence-electron chi connectivity index (χ4n) is 3.20. The Kier molecular flexibility index (Phi) is 5.73. The molecule has 158 valence electrons. The SMILES string of the molecule is COc1ccc(C(=O)COC(=O)c2cc3c(C)nn(-c4ccccc4)c3s2)c(OC)c1. The van der Waals surface area contributed by atoms with Crippen LogP contribution in [0.15, 0.2) is 54.6 Å². The van der Waals surface area contributed by atoms with Crippen molar-refractivity contribution in [2.24, 2.45) is 0 Å². The van der Waals surface area contributed by atoms with Crippen LogP contribution in [0.5, 0.6) is 11.5 Å². The molecule has 0 aliphatic heterocycles. The second-order valence-electron chi connectivity index (χ2n) is 6.73. The predicted octanol–water partition coefficient (Wildman–Crippen LogP) is 4.45. The molecule has 0 atom stereocenters. The quantitative estimate of drug-likeness (QED) is 0.315. The normalized spacial score (nSPS) is 10.8. The number of carbonyl (C=O) groups is 2. The summed E-state index contributed by atoms with van der Waals surface area (Å²) in [6.07, 6.45) is 0. The minimum absolute atomic E-state index is 0.322. The molecule has 0 spiro atoms. The lowest BCUT2D eigenvalue weighted by Gasteiger charge is -2.09. The van der Waals surface area contributed by atoms with E-state index in [1.165, 1.54) is 25.6 Å². The fourth-order valence-corrected chi connectivity index (χ4v) is 4.28. The van der Waals surface area contributed by atoms with Gasteiger partial charge in [-0.1, -0.05) is 18.2 Å². The monoisotopic (exact) mass is 436 g/mol. The zero-order valence-corrected chi connectivity index (χ0v) is 18.1. The zero-order chi connectivity index (χ0) is 22.0. The second-order valence-corrected chi connectivity index (χ2v) is 7.76. The molecule has 4 rings (SSSR count). The van der Waals surface area contributed by atoms with Gasteiger partial charge in [0.1, 0.15) is 21.2 Å². The first-order valence-corrected chi connectivity index (χ1v) is 10.3. The summed E-state index contributed by atoms with van der Waals surface area (Å²) in [5.41, 5.74) is 2.04. The molecule has 0 N–H and O–H groups in total. The standard InChI is InChI=1S/C23H20N2O5S/c1-14-18-12-21(31-22(18)25(24-14)15-7-5-4-6-8-15)23(27)30-13-19(26)17-10-9-16(28-2)11-20(17)29-3/h4-12H,13H2,1-3H3. The van der Waals surface area contributed by atoms with Crippen LogP contribution in [0.2, 0.25) is 0 Å². The Morgan fingerprint density at radius 1 is 1.03 bits per heavy atom. The highest BCUT2D eigenvalue weighted by molar-refractivity contribution is 7.20. The molecule has 8 heteroatoms. The Morgan fingerprint density at radius 3 is 2.52 bits per heavy atom. The number of carbonyl (C=O) groups excluding carboxylic acids is 2. The van der Waals surface area contributed by atoms with Gasteiger partial charge in [-0.25, -0.2) is 9.48 Å². The predicted molar refractivity (Wildman–Crippen MR) is 118 cm³/mol. The molecular weight excluding hydrogens is 416 g/mol. The largest absolute Gasteiger partial charge is 0.497 e. The number of Topliss-reactive ketones (excluding diaryl/α,β-unsaturated/α-hetero) is 1. The van der Waals surface area contributed by atoms with E-state index in [1.54, 1.807) is 28.9 Å². The molecule has 31 heavy (non-hydrogen) atoms. The van der Waals surface area contributed by atoms with Crippen LogP contribution in [0.4, 0.5) is 0 Å². The first kappa shape index (κ1) is 20.6. The Morgan fingerprint density at radius 2 is 1.81 bits per heavy atom. The van der Waals surface area contributed by atoms with E-state index in [0.717, 1.165) is 21.6 Å². The van der Waals surface area contributed by atoms with Crippen LogP contribution >= 0.6 is 11.3 Å². The molecule has 0 radical (unpaired) electrons. The van der Waals surface area contributed by atoms with Crippen molar-refractivity contribution in [2.75, 3.05) is 20.8 Å². The van der Waals surface area contributed by atoms with E-state index in [1.807, 2.05) is 37.3 Å². The number of ketones is 1. The number of aryl methyl sites for hydroxylation is 1. The number of para-hydroxylation sites is 1. The Labute approximate surface area is 182 Å². The third-order valence-electron chi connectivity index (χ3n) is 4.79. The summed E-state index contributed by atoms with van der Waals surface area (Å²) in [6, 6.07) is 16.3. The average Bonchev–Trinajstić information content (AvgIpc) is 3.38. The van der Waals surface area contributed by atoms with Crippen LogP contribution in [0.25, 0.3) is 15.9 Å². The number of rotatable bonds is 7. The molecule has 0 bridgehead atoms. The number of fused-ring (bicyclic) bond motifs is 1. The van der Waals surface area contributed by atoms with Gasteiger partial charge in [-0.2, -0.15) is 5.10 Å². The van der Waals surface area contributed by atoms with Crippen molar-refractivity contribution in [2.45, 2.75) is 6.92 Å². The topological polar surface area (TPSA) is 79.7 Å². The van der Waals surface area contributed by atoms with Gasteiger partial charge in [0.15, 0.2) is 6.61 Å². The summed E-state index contributed by atoms with van der Waals surface area (Å²) in [5.74, 6) is 0.0148. The average molecular weight is 436 g/mol. The zero-order valence-electron chi connectivity index (χ0n) is 17.2. The van der Waals surface area contributed by atoms with E-state index >= 15 is 0 Å². The first-order valence-electron chi connectivity index (χ1n) is 9.48. The van der Waals surface area contributed by atoms with Gasteiger partial charge in [-0.15, -0.1) is 11.3 Å². The van der Waals surface area contributed by atoms with E-state index in [9.17, 15) is 9.59 Å². The molecule has 0 aliphatic carbocycles. The molecule has 0 aliphatic rings. The number of hydrogen-bond donors (Lipinski definition) is 0. The number of nitrogens with zero attached hydrogens (tertiary/aromatic N) is 2. The van der Waals surface area contributed by atoms with Crippen molar-refractivity contribution in [3.63, 3.8) is 0 Å². The van der Waals surface area contributed by atoms with Gasteiger partial charge in [-0.05, 0) is 37.3 Å². The minimum atomic E-state index is -0.555. The van der Waals surface area contributed by atoms with Gasteiger partial charge >= 0.3 is 5.97 Å². The van der Waals surface area contributed by atoms with Crippen LogP contribution in [0, 0.1) is 6.92 Å². The first-order chi connectivity index (χ1) is 15.0. The van der Waals surface area contributed by atoms with E-state index in [4.69, 9.17) is 14.2 Å². The Balaban J connectivity index is 1.52. The summed E-state index contributed by atoms with van der Waals surface area (Å²) >= 11 is 1.28. The smallest absolute Gasteiger partial charge is 0.348 e. The third-order valence-corrected chi connectivity index (χ3v) is 5.88. The molecule has 2 aromatic carbocycles. The summed E-state index contributed by atoms with van der Waals surface area (Å²) in [4.78, 5) is 26.4. The maximum atomic E-state index is 12.6. The number of ether oxygens (including phenoxy) is 3. The highest BCUT2D eigenvalue weighted by Crippen LogP contribution is 2.31. The van der Waals surface area contributed by atoms with Gasteiger partial charge in [0.25, 0.3) is 0 Å². The van der Waals surface area contributed by atoms with E-state index < -0.39 is 5.97 Å². The molecule has 0 unspecified atom stereocenters. The van der Waals surface area contributed by atoms with Crippen molar-refractivity contribution in [3.05, 3.63) is 70.7 Å². The van der Waals surface area contributed by atoms with E-state index in [0.29, 0.717) is 21.9 Å². The minimum Gasteiger partial charge on any atom is -0.497 e. The highest BCUT2D eigenvalue weighted by atomic mass is 32.1. The van der Waals surface area contributed by atoms with Gasteiger partial charge in [0, 0.05) is 11.5 Å². The number of hydrogen-bond acceptors (Lipinski definition) is 7. The second kappa shape index (κ2) is 8.61. The van der Waals surface area contributed by atoms with E-state index in [-0.39, 0.29) is 12.4 Å². The van der Waals surface area contributed by atoms with E-state index in [2.05, 4.69) is 5.10 Å². The molecule has 0 saturated carbocycles. The van der Waals surface area contributed by atoms with Crippen LogP contribution in [0.3, 0.4) is 0 Å². The molecule has 2 aromatic heterocycles. The fraction of sp³-hybridized carbons (Fsp3) is 0.174. The maximum Gasteiger partial charge on any atom is 0.348 e. The van der Waals surface area contributed by atoms with Crippen LogP contribution in [0.1, 0.15) is 25.7 Å². The molecule has 7 nitrogen and oxygen atoms in total. The van der Waals surface area contributed by atoms with Gasteiger partial charge in [-0.3, -0.25) is 4.79 Å². The van der Waals surface area contributed by atoms with Gasteiger partial charge < -0.3 is 14.2 Å². The van der Waals surface area contributed by atoms with Gasteiger partial charge in [0.05, 0.1) is 31.2 Å². The van der Waals surface area contributed by atoms with Gasteiger partial charge in [0.2, 0.25) is 5.78 Å². The number of methoxy groups -OCH3 is 2. The summed E-state index contributed by atoms with van der Waals surface area (Å²) in [6.45, 7) is 1.50. The molecule has 0 saturated heterocycles. The summed E-state index contributed by atoms with van der Waals surface area (Å²) < 4.78 is 17.5. The lowest BCUT2D eigenvalue weighted by molar-refractivity contribution is 0.0479. The molecule has 0 amide bonds. The van der Waals surface area contributed by atoms with Crippen molar-refractivity contribution in [1.82, 2.24) is 9.78 Å². The van der Waals surface area contributed by atoms with Crippen LogP contribution in [-0.2, 0) is 4.74 Å². The number of aromatic nitrogens is 2. The maximum absolute atomic E-state index is 12.6. The summed E-state index contributed by atoms with van der Waals surface area (Å²) in [5, 5.41) is 5.44. The van der Waals surface area contributed by atoms with Crippen LogP contribution in [-0.4, -0.2) is 42.4 Å². The molecule has 4 aromatic rings. The number of thiophene rings is 1. The highest BCUT2D eigenvalue weighted by Gasteiger charge is 2.20. The Bertz CT molecular complexity index is 1260. The molecule has 0 fully saturated rings. The number of benzene rings is 2. The van der Waals surface area contributed by atoms with Crippen molar-refractivity contribution < 1.29 is 23.8 Å². The molecule has 2 heterocycles. The molecular formula is C23H20N2O5S. The van der Waals surface area contributed by atoms with Crippen molar-refractivity contribution >= 4 is 33.3 Å². The van der Waals surface area contributed by atoms with Crippen LogP contribution < -0.4 is 9.47 Å². The lowest BCUT2D eigenvalue weighted by atomic mass is 10.1. The number of esters is 1.